The number of rotatable bonds is 9. The van der Waals surface area contributed by atoms with Gasteiger partial charge in [0.05, 0.1) is 5.69 Å². The van der Waals surface area contributed by atoms with E-state index in [2.05, 4.69) is 36.6 Å². The van der Waals surface area contributed by atoms with Crippen LogP contribution in [0, 0.1) is 0 Å². The van der Waals surface area contributed by atoms with Gasteiger partial charge in [-0.15, -0.1) is 0 Å². The molecule has 98 valence electrons. The Hall–Kier alpha value is -0.870. The molecule has 0 saturated carbocycles. The van der Waals surface area contributed by atoms with Crippen LogP contribution in [0.4, 0.5) is 0 Å². The van der Waals surface area contributed by atoms with E-state index in [4.69, 9.17) is 4.52 Å². The van der Waals surface area contributed by atoms with Gasteiger partial charge in [0, 0.05) is 18.5 Å². The van der Waals surface area contributed by atoms with Crippen molar-refractivity contribution in [2.75, 3.05) is 19.6 Å². The molecular weight excluding hydrogens is 214 g/mol. The van der Waals surface area contributed by atoms with Crippen molar-refractivity contribution in [3.05, 3.63) is 17.5 Å². The van der Waals surface area contributed by atoms with Crippen LogP contribution in [0.1, 0.15) is 51.0 Å². The molecule has 1 aromatic heterocycles. The third-order valence-electron chi connectivity index (χ3n) is 2.59. The molecular formula is C13H25N3O. The summed E-state index contributed by atoms with van der Waals surface area (Å²) in [5.41, 5.74) is 0.996. The zero-order chi connectivity index (χ0) is 12.5. The van der Waals surface area contributed by atoms with E-state index in [1.165, 1.54) is 6.42 Å². The summed E-state index contributed by atoms with van der Waals surface area (Å²) in [6.07, 6.45) is 2.35. The second-order valence-corrected chi connectivity index (χ2v) is 4.66. The molecule has 0 aliphatic rings. The van der Waals surface area contributed by atoms with Gasteiger partial charge in [0.1, 0.15) is 5.76 Å². The summed E-state index contributed by atoms with van der Waals surface area (Å²) < 4.78 is 5.23. The van der Waals surface area contributed by atoms with Crippen LogP contribution in [0.5, 0.6) is 0 Å². The summed E-state index contributed by atoms with van der Waals surface area (Å²) in [6.45, 7) is 10.4. The van der Waals surface area contributed by atoms with Crippen molar-refractivity contribution >= 4 is 0 Å². The quantitative estimate of drug-likeness (QED) is 0.649. The first-order chi connectivity index (χ1) is 8.24. The Morgan fingerprint density at radius 2 is 2.00 bits per heavy atom. The lowest BCUT2D eigenvalue weighted by Gasteiger charge is -2.03. The molecule has 0 saturated heterocycles. The van der Waals surface area contributed by atoms with Gasteiger partial charge in [-0.1, -0.05) is 25.9 Å². The smallest absolute Gasteiger partial charge is 0.139 e. The molecule has 0 amide bonds. The first-order valence-corrected chi connectivity index (χ1v) is 6.61. The van der Waals surface area contributed by atoms with E-state index in [-0.39, 0.29) is 0 Å². The Morgan fingerprint density at radius 3 is 2.65 bits per heavy atom. The first-order valence-electron chi connectivity index (χ1n) is 6.61. The third-order valence-corrected chi connectivity index (χ3v) is 2.59. The van der Waals surface area contributed by atoms with Crippen molar-refractivity contribution < 1.29 is 4.52 Å². The lowest BCUT2D eigenvalue weighted by atomic mass is 10.1. The summed E-state index contributed by atoms with van der Waals surface area (Å²) in [5.74, 6) is 1.38. The Kier molecular flexibility index (Phi) is 6.89. The topological polar surface area (TPSA) is 50.1 Å². The van der Waals surface area contributed by atoms with Gasteiger partial charge in [-0.3, -0.25) is 0 Å². The molecule has 2 N–H and O–H groups in total. The number of nitrogens with one attached hydrogen (secondary N) is 2. The maximum absolute atomic E-state index is 5.23. The molecule has 0 aliphatic carbocycles. The molecule has 0 atom stereocenters. The monoisotopic (exact) mass is 239 g/mol. The first kappa shape index (κ1) is 14.2. The van der Waals surface area contributed by atoms with Crippen molar-refractivity contribution in [2.24, 2.45) is 0 Å². The summed E-state index contributed by atoms with van der Waals surface area (Å²) >= 11 is 0. The van der Waals surface area contributed by atoms with Crippen molar-refractivity contribution in [1.29, 1.82) is 0 Å². The molecule has 0 radical (unpaired) electrons. The molecule has 0 fully saturated rings. The maximum Gasteiger partial charge on any atom is 0.139 e. The predicted octanol–water partition coefficient (Wildman–Crippen LogP) is 2.28. The summed E-state index contributed by atoms with van der Waals surface area (Å²) in [6, 6.07) is 2.03. The van der Waals surface area contributed by atoms with Gasteiger partial charge in [0.2, 0.25) is 0 Å². The summed E-state index contributed by atoms with van der Waals surface area (Å²) in [4.78, 5) is 0. The highest BCUT2D eigenvalue weighted by Crippen LogP contribution is 2.14. The number of aromatic nitrogens is 1. The molecule has 0 spiro atoms. The van der Waals surface area contributed by atoms with Gasteiger partial charge < -0.3 is 15.2 Å². The highest BCUT2D eigenvalue weighted by molar-refractivity contribution is 5.08. The predicted molar refractivity (Wildman–Crippen MR) is 70.1 cm³/mol. The minimum atomic E-state index is 0.412. The van der Waals surface area contributed by atoms with Crippen LogP contribution in [0.3, 0.4) is 0 Å². The van der Waals surface area contributed by atoms with Crippen molar-refractivity contribution in [3.8, 4) is 0 Å². The number of nitrogens with zero attached hydrogens (tertiary/aromatic N) is 1. The van der Waals surface area contributed by atoms with Gasteiger partial charge in [-0.05, 0) is 32.5 Å². The highest BCUT2D eigenvalue weighted by Gasteiger charge is 2.06. The van der Waals surface area contributed by atoms with Crippen LogP contribution in [-0.4, -0.2) is 24.8 Å². The van der Waals surface area contributed by atoms with E-state index in [0.717, 1.165) is 44.1 Å². The lowest BCUT2D eigenvalue weighted by Crippen LogP contribution is -2.22. The van der Waals surface area contributed by atoms with E-state index >= 15 is 0 Å². The molecule has 4 nitrogen and oxygen atoms in total. The SMILES string of the molecule is CCCNCCCNCc1cc(C(C)C)on1. The van der Waals surface area contributed by atoms with E-state index < -0.39 is 0 Å². The van der Waals surface area contributed by atoms with Crippen LogP contribution in [-0.2, 0) is 6.54 Å². The molecule has 17 heavy (non-hydrogen) atoms. The summed E-state index contributed by atoms with van der Waals surface area (Å²) in [7, 11) is 0. The summed E-state index contributed by atoms with van der Waals surface area (Å²) in [5, 5.41) is 10.8. The molecule has 0 aromatic carbocycles. The van der Waals surface area contributed by atoms with E-state index in [9.17, 15) is 0 Å². The van der Waals surface area contributed by atoms with Crippen LogP contribution >= 0.6 is 0 Å². The van der Waals surface area contributed by atoms with Gasteiger partial charge in [0.25, 0.3) is 0 Å². The van der Waals surface area contributed by atoms with Gasteiger partial charge >= 0.3 is 0 Å². The minimum Gasteiger partial charge on any atom is -0.361 e. The Morgan fingerprint density at radius 1 is 1.24 bits per heavy atom. The second-order valence-electron chi connectivity index (χ2n) is 4.66. The second kappa shape index (κ2) is 8.25. The van der Waals surface area contributed by atoms with Gasteiger partial charge in [-0.2, -0.15) is 0 Å². The van der Waals surface area contributed by atoms with Crippen molar-refractivity contribution in [3.63, 3.8) is 0 Å². The van der Waals surface area contributed by atoms with Crippen LogP contribution in [0.25, 0.3) is 0 Å². The average Bonchev–Trinajstić information content (AvgIpc) is 2.77. The Labute approximate surface area is 104 Å². The fourth-order valence-corrected chi connectivity index (χ4v) is 1.54. The fourth-order valence-electron chi connectivity index (χ4n) is 1.54. The largest absolute Gasteiger partial charge is 0.361 e. The van der Waals surface area contributed by atoms with Crippen LogP contribution in [0.15, 0.2) is 10.6 Å². The van der Waals surface area contributed by atoms with Crippen LogP contribution in [0.2, 0.25) is 0 Å². The molecule has 0 bridgehead atoms. The zero-order valence-corrected chi connectivity index (χ0v) is 11.3. The Balaban J connectivity index is 2.05. The van der Waals surface area contributed by atoms with E-state index in [1.54, 1.807) is 0 Å². The van der Waals surface area contributed by atoms with Crippen LogP contribution < -0.4 is 10.6 Å². The normalized spacial score (nSPS) is 11.3. The van der Waals surface area contributed by atoms with E-state index in [1.807, 2.05) is 6.07 Å². The van der Waals surface area contributed by atoms with Crippen molar-refractivity contribution in [1.82, 2.24) is 15.8 Å². The van der Waals surface area contributed by atoms with E-state index in [0.29, 0.717) is 5.92 Å². The standard InChI is InChI=1S/C13H25N3O/c1-4-6-14-7-5-8-15-10-12-9-13(11(2)3)17-16-12/h9,11,14-15H,4-8,10H2,1-3H3. The average molecular weight is 239 g/mol. The van der Waals surface area contributed by atoms with Crippen molar-refractivity contribution in [2.45, 2.75) is 46.1 Å². The molecule has 1 aromatic rings. The highest BCUT2D eigenvalue weighted by atomic mass is 16.5. The molecule has 1 rings (SSSR count). The zero-order valence-electron chi connectivity index (χ0n) is 11.3. The molecule has 4 heteroatoms. The van der Waals surface area contributed by atoms with Gasteiger partial charge in [0.15, 0.2) is 0 Å². The minimum absolute atomic E-state index is 0.412. The lowest BCUT2D eigenvalue weighted by molar-refractivity contribution is 0.364. The molecule has 1 heterocycles. The molecule has 0 aliphatic heterocycles. The fraction of sp³-hybridized carbons (Fsp3) is 0.769. The molecule has 0 unspecified atom stereocenters. The maximum atomic E-state index is 5.23. The number of hydrogen-bond donors (Lipinski definition) is 2. The number of hydrogen-bond acceptors (Lipinski definition) is 4. The Bertz CT molecular complexity index is 297. The van der Waals surface area contributed by atoms with Gasteiger partial charge in [-0.25, -0.2) is 0 Å². The third kappa shape index (κ3) is 5.84.